The second kappa shape index (κ2) is 7.88. The molecule has 3 heteroatoms. The monoisotopic (exact) mass is 412 g/mol. The van der Waals surface area contributed by atoms with Crippen molar-refractivity contribution in [3.05, 3.63) is 95.1 Å². The van der Waals surface area contributed by atoms with Crippen LogP contribution in [0.3, 0.4) is 0 Å². The van der Waals surface area contributed by atoms with Crippen LogP contribution in [-0.4, -0.2) is 11.4 Å². The highest BCUT2D eigenvalue weighted by Gasteiger charge is 2.47. The number of benzene rings is 3. The van der Waals surface area contributed by atoms with E-state index < -0.39 is 0 Å². The lowest BCUT2D eigenvalue weighted by molar-refractivity contribution is 0.0949. The first-order valence-electron chi connectivity index (χ1n) is 11.2. The first kappa shape index (κ1) is 21.2. The minimum Gasteiger partial charge on any atom is -0.399 e. The van der Waals surface area contributed by atoms with Crippen LogP contribution >= 0.6 is 0 Å². The zero-order valence-corrected chi connectivity index (χ0v) is 19.0. The van der Waals surface area contributed by atoms with Gasteiger partial charge in [0.2, 0.25) is 0 Å². The number of nitrogen functional groups attached to an aromatic ring is 1. The maximum atomic E-state index is 13.8. The lowest BCUT2D eigenvalue weighted by atomic mass is 9.65. The molecule has 0 radical (unpaired) electrons. The highest BCUT2D eigenvalue weighted by molar-refractivity contribution is 6.08. The lowest BCUT2D eigenvalue weighted by Crippen LogP contribution is -2.55. The third kappa shape index (κ3) is 3.74. The molecule has 31 heavy (non-hydrogen) atoms. The Labute approximate surface area is 185 Å². The molecule has 4 rings (SSSR count). The minimum atomic E-state index is -0.384. The topological polar surface area (TPSA) is 46.3 Å². The summed E-state index contributed by atoms with van der Waals surface area (Å²) in [5, 5.41) is 0. The molecule has 1 atom stereocenters. The van der Waals surface area contributed by atoms with Gasteiger partial charge in [0, 0.05) is 22.2 Å². The Kier molecular flexibility index (Phi) is 5.38. The molecule has 1 unspecified atom stereocenters. The molecule has 2 N–H and O–H groups in total. The smallest absolute Gasteiger partial charge is 0.258 e. The first-order valence-corrected chi connectivity index (χ1v) is 11.2. The van der Waals surface area contributed by atoms with Gasteiger partial charge >= 0.3 is 0 Å². The first-order chi connectivity index (χ1) is 14.8. The maximum Gasteiger partial charge on any atom is 0.258 e. The van der Waals surface area contributed by atoms with Gasteiger partial charge in [-0.2, -0.15) is 0 Å². The standard InChI is InChI=1S/C28H32N2O/c1-5-9-20-12-14-21(15-13-20)26(31)30-25-18-23(29)16-17-24(25)28(4,19-27(30,2)3)22-10-7-6-8-11-22/h6-8,10-18H,5,9,19,29H2,1-4H3. The fourth-order valence-electron chi connectivity index (χ4n) is 5.25. The number of amides is 1. The van der Waals surface area contributed by atoms with E-state index >= 15 is 0 Å². The van der Waals surface area contributed by atoms with Crippen LogP contribution in [0.5, 0.6) is 0 Å². The van der Waals surface area contributed by atoms with Crippen molar-refractivity contribution in [1.82, 2.24) is 0 Å². The Hall–Kier alpha value is -3.07. The molecule has 1 amide bonds. The molecule has 1 heterocycles. The van der Waals surface area contributed by atoms with Gasteiger partial charge in [0.15, 0.2) is 0 Å². The quantitative estimate of drug-likeness (QED) is 0.507. The Bertz CT molecular complexity index is 1090. The molecule has 0 bridgehead atoms. The van der Waals surface area contributed by atoms with E-state index in [1.165, 1.54) is 11.1 Å². The molecule has 3 aromatic carbocycles. The average molecular weight is 413 g/mol. The number of hydrogen-bond donors (Lipinski definition) is 1. The van der Waals surface area contributed by atoms with Crippen molar-refractivity contribution in [2.75, 3.05) is 10.6 Å². The van der Waals surface area contributed by atoms with Gasteiger partial charge in [-0.05, 0) is 67.6 Å². The number of carbonyl (C=O) groups is 1. The summed E-state index contributed by atoms with van der Waals surface area (Å²) in [5.41, 5.74) is 11.6. The van der Waals surface area contributed by atoms with E-state index in [4.69, 9.17) is 5.73 Å². The zero-order chi connectivity index (χ0) is 22.2. The molecule has 3 nitrogen and oxygen atoms in total. The van der Waals surface area contributed by atoms with Crippen molar-refractivity contribution in [2.45, 2.75) is 57.9 Å². The van der Waals surface area contributed by atoms with Gasteiger partial charge < -0.3 is 10.6 Å². The van der Waals surface area contributed by atoms with Crippen molar-refractivity contribution in [3.63, 3.8) is 0 Å². The summed E-state index contributed by atoms with van der Waals surface area (Å²) in [6, 6.07) is 24.6. The van der Waals surface area contributed by atoms with Crippen molar-refractivity contribution in [1.29, 1.82) is 0 Å². The fourth-order valence-corrected chi connectivity index (χ4v) is 5.25. The number of nitrogens with two attached hydrogens (primary N) is 1. The summed E-state index contributed by atoms with van der Waals surface area (Å²) in [6.45, 7) is 8.76. The summed E-state index contributed by atoms with van der Waals surface area (Å²) < 4.78 is 0. The number of fused-ring (bicyclic) bond motifs is 1. The maximum absolute atomic E-state index is 13.8. The van der Waals surface area contributed by atoms with E-state index in [1.807, 2.05) is 35.2 Å². The highest BCUT2D eigenvalue weighted by Crippen LogP contribution is 2.51. The van der Waals surface area contributed by atoms with Crippen LogP contribution in [0.4, 0.5) is 11.4 Å². The van der Waals surface area contributed by atoms with E-state index in [1.54, 1.807) is 0 Å². The van der Waals surface area contributed by atoms with Crippen molar-refractivity contribution in [3.8, 4) is 0 Å². The fraction of sp³-hybridized carbons (Fsp3) is 0.321. The van der Waals surface area contributed by atoms with Crippen LogP contribution in [0.15, 0.2) is 72.8 Å². The number of hydrogen-bond acceptors (Lipinski definition) is 2. The van der Waals surface area contributed by atoms with E-state index in [-0.39, 0.29) is 16.9 Å². The number of carbonyl (C=O) groups excluding carboxylic acids is 1. The second-order valence-corrected chi connectivity index (χ2v) is 9.55. The average Bonchev–Trinajstić information content (AvgIpc) is 2.74. The third-order valence-corrected chi connectivity index (χ3v) is 6.60. The molecule has 0 aromatic heterocycles. The molecule has 1 aliphatic heterocycles. The molecule has 0 saturated heterocycles. The molecule has 0 spiro atoms. The number of aryl methyl sites for hydroxylation is 1. The van der Waals surface area contributed by atoms with Crippen LogP contribution in [0.1, 0.15) is 67.6 Å². The SMILES string of the molecule is CCCc1ccc(C(=O)N2c3cc(N)ccc3C(C)(c3ccccc3)CC2(C)C)cc1. The summed E-state index contributed by atoms with van der Waals surface area (Å²) >= 11 is 0. The van der Waals surface area contributed by atoms with E-state index in [9.17, 15) is 4.79 Å². The van der Waals surface area contributed by atoms with E-state index in [2.05, 4.69) is 70.2 Å². The van der Waals surface area contributed by atoms with Gasteiger partial charge in [-0.1, -0.05) is 68.8 Å². The molecule has 0 saturated carbocycles. The van der Waals surface area contributed by atoms with Gasteiger partial charge in [-0.25, -0.2) is 0 Å². The number of rotatable bonds is 4. The molecule has 3 aromatic rings. The van der Waals surface area contributed by atoms with Crippen LogP contribution < -0.4 is 10.6 Å². The van der Waals surface area contributed by atoms with E-state index in [0.717, 1.165) is 30.5 Å². The van der Waals surface area contributed by atoms with Crippen LogP contribution in [0.2, 0.25) is 0 Å². The highest BCUT2D eigenvalue weighted by atomic mass is 16.2. The van der Waals surface area contributed by atoms with Crippen LogP contribution in [-0.2, 0) is 11.8 Å². The molecular weight excluding hydrogens is 380 g/mol. The van der Waals surface area contributed by atoms with Crippen molar-refractivity contribution >= 4 is 17.3 Å². The summed E-state index contributed by atoms with van der Waals surface area (Å²) in [6.07, 6.45) is 2.94. The zero-order valence-electron chi connectivity index (χ0n) is 19.0. The van der Waals surface area contributed by atoms with Gasteiger partial charge in [0.05, 0.1) is 5.69 Å². The Morgan fingerprint density at radius 2 is 1.65 bits per heavy atom. The normalized spacial score (nSPS) is 19.7. The molecule has 1 aliphatic rings. The number of anilines is 2. The Balaban J connectivity index is 1.84. The third-order valence-electron chi connectivity index (χ3n) is 6.60. The molecule has 0 fully saturated rings. The van der Waals surface area contributed by atoms with Gasteiger partial charge in [-0.15, -0.1) is 0 Å². The second-order valence-electron chi connectivity index (χ2n) is 9.55. The summed E-state index contributed by atoms with van der Waals surface area (Å²) in [4.78, 5) is 15.7. The Morgan fingerprint density at radius 3 is 2.29 bits per heavy atom. The van der Waals surface area contributed by atoms with Gasteiger partial charge in [0.1, 0.15) is 0 Å². The predicted molar refractivity (Wildman–Crippen MR) is 130 cm³/mol. The van der Waals surface area contributed by atoms with Crippen molar-refractivity contribution < 1.29 is 4.79 Å². The molecular formula is C28H32N2O. The van der Waals surface area contributed by atoms with E-state index in [0.29, 0.717) is 11.3 Å². The van der Waals surface area contributed by atoms with Gasteiger partial charge in [0.25, 0.3) is 5.91 Å². The number of nitrogens with zero attached hydrogens (tertiary/aromatic N) is 1. The minimum absolute atomic E-state index is 0.0232. The largest absolute Gasteiger partial charge is 0.399 e. The Morgan fingerprint density at radius 1 is 0.968 bits per heavy atom. The summed E-state index contributed by atoms with van der Waals surface area (Å²) in [5.74, 6) is 0.0232. The predicted octanol–water partition coefficient (Wildman–Crippen LogP) is 6.36. The summed E-state index contributed by atoms with van der Waals surface area (Å²) in [7, 11) is 0. The lowest BCUT2D eigenvalue weighted by Gasteiger charge is -2.51. The molecule has 0 aliphatic carbocycles. The van der Waals surface area contributed by atoms with Crippen LogP contribution in [0.25, 0.3) is 0 Å². The van der Waals surface area contributed by atoms with Crippen LogP contribution in [0, 0.1) is 0 Å². The molecule has 160 valence electrons. The van der Waals surface area contributed by atoms with Gasteiger partial charge in [-0.3, -0.25) is 4.79 Å². The van der Waals surface area contributed by atoms with Crippen molar-refractivity contribution in [2.24, 2.45) is 0 Å².